The lowest BCUT2D eigenvalue weighted by atomic mass is 10.0. The lowest BCUT2D eigenvalue weighted by Crippen LogP contribution is -2.39. The van der Waals surface area contributed by atoms with Gasteiger partial charge in [-0.25, -0.2) is 19.6 Å². The van der Waals surface area contributed by atoms with Crippen LogP contribution in [0.2, 0.25) is 0 Å². The molecule has 0 aliphatic heterocycles. The number of halogens is 2. The highest BCUT2D eigenvalue weighted by atomic mass is 19.2. The first kappa shape index (κ1) is 27.2. The Morgan fingerprint density at radius 3 is 2.43 bits per heavy atom. The van der Waals surface area contributed by atoms with Gasteiger partial charge >= 0.3 is 0 Å². The molecule has 0 aliphatic carbocycles. The Kier molecular flexibility index (Phi) is 9.62. The Labute approximate surface area is 203 Å². The zero-order chi connectivity index (χ0) is 26.1. The van der Waals surface area contributed by atoms with Crippen LogP contribution in [0.15, 0.2) is 77.7 Å². The van der Waals surface area contributed by atoms with Gasteiger partial charge in [-0.1, -0.05) is 24.8 Å². The molecular weight excluding hydrogens is 454 g/mol. The summed E-state index contributed by atoms with van der Waals surface area (Å²) in [5.74, 6) is 8.94. The lowest BCUT2D eigenvalue weighted by molar-refractivity contribution is 0.0951. The number of nitrogen functional groups attached to an aromatic ring is 1. The molecule has 0 unspecified atom stereocenters. The molecule has 2 rings (SSSR count). The van der Waals surface area contributed by atoms with Crippen molar-refractivity contribution in [3.8, 4) is 11.1 Å². The number of carbonyl (C=O) groups excluding carboxylic acids is 1. The molecule has 35 heavy (non-hydrogen) atoms. The molecule has 0 aliphatic rings. The monoisotopic (exact) mass is 484 g/mol. The second-order valence-corrected chi connectivity index (χ2v) is 7.75. The van der Waals surface area contributed by atoms with Crippen LogP contribution in [-0.2, 0) is 0 Å². The molecule has 1 amide bonds. The van der Waals surface area contributed by atoms with E-state index in [1.54, 1.807) is 30.3 Å². The van der Waals surface area contributed by atoms with Crippen LogP contribution in [0.3, 0.4) is 0 Å². The van der Waals surface area contributed by atoms with Gasteiger partial charge in [0.2, 0.25) is 0 Å². The number of carbonyl (C=O) groups is 1. The smallest absolute Gasteiger partial charge is 0.251 e. The summed E-state index contributed by atoms with van der Waals surface area (Å²) in [6, 6.07) is 8.46. The molecule has 9 nitrogen and oxygen atoms in total. The van der Waals surface area contributed by atoms with Crippen LogP contribution in [0.5, 0.6) is 0 Å². The summed E-state index contributed by atoms with van der Waals surface area (Å²) in [5, 5.41) is 7.24. The molecular formula is C24H30F2N8O. The van der Waals surface area contributed by atoms with Crippen molar-refractivity contribution in [1.29, 1.82) is 0 Å². The quantitative estimate of drug-likeness (QED) is 0.141. The average molecular weight is 485 g/mol. The van der Waals surface area contributed by atoms with Gasteiger partial charge in [-0.05, 0) is 50.9 Å². The zero-order valence-corrected chi connectivity index (χ0v) is 19.9. The van der Waals surface area contributed by atoms with Gasteiger partial charge in [0.25, 0.3) is 5.91 Å². The van der Waals surface area contributed by atoms with E-state index in [4.69, 9.17) is 17.4 Å². The van der Waals surface area contributed by atoms with Crippen molar-refractivity contribution in [2.75, 3.05) is 32.9 Å². The number of amides is 1. The maximum Gasteiger partial charge on any atom is 0.251 e. The summed E-state index contributed by atoms with van der Waals surface area (Å²) in [5.41, 5.74) is 7.67. The second-order valence-electron chi connectivity index (χ2n) is 7.75. The fourth-order valence-electron chi connectivity index (χ4n) is 3.04. The number of nitrogens with zero attached hydrogens (tertiary/aromatic N) is 4. The fraction of sp³-hybridized carbons (Fsp3) is 0.208. The number of hydrazine groups is 1. The topological polar surface area (TPSA) is 139 Å². The van der Waals surface area contributed by atoms with Gasteiger partial charge in [0.1, 0.15) is 11.6 Å². The average Bonchev–Trinajstić information content (AvgIpc) is 2.83. The summed E-state index contributed by atoms with van der Waals surface area (Å²) in [4.78, 5) is 18.4. The Morgan fingerprint density at radius 2 is 1.89 bits per heavy atom. The first-order valence-electron chi connectivity index (χ1n) is 10.6. The van der Waals surface area contributed by atoms with E-state index >= 15 is 0 Å². The van der Waals surface area contributed by atoms with Crippen molar-refractivity contribution in [3.63, 3.8) is 0 Å². The van der Waals surface area contributed by atoms with Crippen LogP contribution in [0.4, 0.5) is 14.6 Å². The third-order valence-corrected chi connectivity index (χ3v) is 4.90. The van der Waals surface area contributed by atoms with E-state index in [2.05, 4.69) is 22.0 Å². The summed E-state index contributed by atoms with van der Waals surface area (Å²) >= 11 is 0. The summed E-state index contributed by atoms with van der Waals surface area (Å²) < 4.78 is 28.0. The van der Waals surface area contributed by atoms with Gasteiger partial charge in [-0.15, -0.1) is 0 Å². The van der Waals surface area contributed by atoms with Gasteiger partial charge in [0.05, 0.1) is 11.3 Å². The van der Waals surface area contributed by atoms with E-state index in [9.17, 15) is 13.6 Å². The maximum absolute atomic E-state index is 14.4. The van der Waals surface area contributed by atoms with Crippen LogP contribution in [0, 0.1) is 0 Å². The maximum atomic E-state index is 14.4. The number of amidine groups is 1. The molecule has 0 spiro atoms. The molecule has 0 saturated heterocycles. The van der Waals surface area contributed by atoms with E-state index in [1.807, 2.05) is 19.0 Å². The van der Waals surface area contributed by atoms with Crippen LogP contribution in [-0.4, -0.2) is 53.8 Å². The number of benzene rings is 1. The normalized spacial score (nSPS) is 12.9. The molecule has 7 N–H and O–H groups in total. The van der Waals surface area contributed by atoms with Crippen LogP contribution in [0.25, 0.3) is 11.1 Å². The zero-order valence-electron chi connectivity index (χ0n) is 19.9. The van der Waals surface area contributed by atoms with Gasteiger partial charge in [0, 0.05) is 30.4 Å². The van der Waals surface area contributed by atoms with E-state index < -0.39 is 11.7 Å². The number of hydrogen-bond acceptors (Lipinski definition) is 7. The molecule has 0 radical (unpaired) electrons. The van der Waals surface area contributed by atoms with E-state index in [0.717, 1.165) is 24.0 Å². The number of pyridine rings is 1. The highest BCUT2D eigenvalue weighted by molar-refractivity contribution is 6.04. The van der Waals surface area contributed by atoms with Crippen molar-refractivity contribution in [2.24, 2.45) is 16.8 Å². The van der Waals surface area contributed by atoms with Crippen molar-refractivity contribution >= 4 is 17.6 Å². The molecule has 2 aromatic rings. The molecule has 0 saturated carbocycles. The number of hydrazone groups is 1. The molecule has 0 atom stereocenters. The molecule has 1 heterocycles. The highest BCUT2D eigenvalue weighted by Crippen LogP contribution is 2.26. The van der Waals surface area contributed by atoms with Crippen molar-refractivity contribution < 1.29 is 13.6 Å². The van der Waals surface area contributed by atoms with Crippen LogP contribution < -0.4 is 22.7 Å². The Morgan fingerprint density at radius 1 is 1.23 bits per heavy atom. The molecule has 11 heteroatoms. The van der Waals surface area contributed by atoms with Gasteiger partial charge < -0.3 is 21.8 Å². The number of likely N-dealkylation sites (N-methyl/N-ethyl adjacent to an activating group) is 1. The van der Waals surface area contributed by atoms with Gasteiger partial charge in [0.15, 0.2) is 11.7 Å². The number of nitrogens with two attached hydrogens (primary N) is 3. The van der Waals surface area contributed by atoms with E-state index in [0.29, 0.717) is 17.7 Å². The molecule has 1 aromatic heterocycles. The number of anilines is 1. The Hall–Kier alpha value is -4.09. The van der Waals surface area contributed by atoms with Crippen molar-refractivity contribution in [2.45, 2.75) is 6.92 Å². The van der Waals surface area contributed by atoms with E-state index in [1.165, 1.54) is 18.3 Å². The standard InChI is InChI=1S/C24H30F2N8O/c1-5-6-20(21(26)15(2)25)34(29)23(32-28)19-13-18(14-31-22(19)27)16-7-9-17(10-8-16)24(35)30-11-12-33(3)4/h5-10,13-14H,1,11-12,28-29H2,2-4H3,(H2,27,31)(H,30,35)/b20-6+,21-15-,32-23-. The van der Waals surface area contributed by atoms with Crippen molar-refractivity contribution in [1.82, 2.24) is 20.2 Å². The third-order valence-electron chi connectivity index (χ3n) is 4.90. The predicted molar refractivity (Wildman–Crippen MR) is 135 cm³/mol. The predicted octanol–water partition coefficient (Wildman–Crippen LogP) is 2.66. The minimum Gasteiger partial charge on any atom is -0.383 e. The number of allylic oxidation sites excluding steroid dienone is 4. The Balaban J connectivity index is 2.37. The highest BCUT2D eigenvalue weighted by Gasteiger charge is 2.22. The number of hydrogen-bond donors (Lipinski definition) is 4. The summed E-state index contributed by atoms with van der Waals surface area (Å²) in [7, 11) is 3.85. The first-order valence-corrected chi connectivity index (χ1v) is 10.6. The summed E-state index contributed by atoms with van der Waals surface area (Å²) in [6.45, 7) is 5.68. The third kappa shape index (κ3) is 6.95. The number of nitrogens with one attached hydrogen (secondary N) is 1. The minimum absolute atomic E-state index is 0.0181. The summed E-state index contributed by atoms with van der Waals surface area (Å²) in [6.07, 6.45) is 3.92. The Bertz CT molecular complexity index is 1150. The van der Waals surface area contributed by atoms with Crippen LogP contribution >= 0.6 is 0 Å². The fourth-order valence-corrected chi connectivity index (χ4v) is 3.04. The SMILES string of the molecule is C=C/C=C(\C(F)=C(/C)F)N(N)/C(=N\N)c1cc(-c2ccc(C(=O)NCCN(C)C)cc2)cnc1N. The second kappa shape index (κ2) is 12.4. The molecule has 186 valence electrons. The molecule has 0 fully saturated rings. The van der Waals surface area contributed by atoms with Gasteiger partial charge in [-0.3, -0.25) is 9.80 Å². The van der Waals surface area contributed by atoms with Crippen molar-refractivity contribution in [3.05, 3.63) is 83.7 Å². The number of aromatic nitrogens is 1. The largest absolute Gasteiger partial charge is 0.383 e. The van der Waals surface area contributed by atoms with E-state index in [-0.39, 0.29) is 28.8 Å². The number of rotatable bonds is 9. The minimum atomic E-state index is -1.21. The first-order chi connectivity index (χ1) is 16.6. The van der Waals surface area contributed by atoms with Gasteiger partial charge in [-0.2, -0.15) is 5.10 Å². The molecule has 1 aromatic carbocycles. The van der Waals surface area contributed by atoms with Crippen LogP contribution in [0.1, 0.15) is 22.8 Å². The molecule has 0 bridgehead atoms. The lowest BCUT2D eigenvalue weighted by Gasteiger charge is -2.23.